The van der Waals surface area contributed by atoms with E-state index in [0.717, 1.165) is 0 Å². The third kappa shape index (κ3) is 1.84. The van der Waals surface area contributed by atoms with Gasteiger partial charge in [-0.05, 0) is 0 Å². The second-order valence-corrected chi connectivity index (χ2v) is 0.714. The molecule has 0 saturated carbocycles. The molecule has 0 aromatic heterocycles. The zero-order valence-corrected chi connectivity index (χ0v) is 2.99. The second-order valence-electron chi connectivity index (χ2n) is 0.714. The number of hydrogen-bond acceptors (Lipinski definition) is 1. The second kappa shape index (κ2) is 2.78. The quantitative estimate of drug-likeness (QED) is 0.508. The molecular weight excluding hydrogens is 90.0 g/mol. The number of aliphatic hydroxyl groups excluding tert-OH is 1. The molecule has 0 rings (SSSR count). The molecule has 0 unspecified atom stereocenters. The van der Waals surface area contributed by atoms with Crippen LogP contribution in [-0.4, -0.2) is 11.7 Å². The Morgan fingerprint density at radius 1 is 1.83 bits per heavy atom. The van der Waals surface area contributed by atoms with Gasteiger partial charge in [0.2, 0.25) is 0 Å². The molecule has 0 aliphatic rings. The fourth-order valence-electron chi connectivity index (χ4n) is 0.0345. The van der Waals surface area contributed by atoms with E-state index in [0.29, 0.717) is 0 Å². The lowest BCUT2D eigenvalue weighted by atomic mass is 10.6. The minimum absolute atomic E-state index is 0.278. The summed E-state index contributed by atoms with van der Waals surface area (Å²) in [4.78, 5) is 0. The lowest BCUT2D eigenvalue weighted by molar-refractivity contribution is 0.294. The van der Waals surface area contributed by atoms with Crippen molar-refractivity contribution in [3.05, 3.63) is 12.2 Å². The molecule has 1 N–H and O–H groups in total. The van der Waals surface area contributed by atoms with Crippen LogP contribution in [0.5, 0.6) is 0 Å². The highest BCUT2D eigenvalue weighted by Gasteiger charge is 1.83. The van der Waals surface area contributed by atoms with Crippen LogP contribution in [0, 0.1) is 0 Å². The predicted octanol–water partition coefficient (Wildman–Crippen LogP) is 0.759. The van der Waals surface area contributed by atoms with E-state index in [9.17, 15) is 8.78 Å². The zero-order chi connectivity index (χ0) is 4.99. The van der Waals surface area contributed by atoms with E-state index in [1.54, 1.807) is 0 Å². The SMILES string of the molecule is OCC(F)=CF. The van der Waals surface area contributed by atoms with E-state index in [-0.39, 0.29) is 6.33 Å². The summed E-state index contributed by atoms with van der Waals surface area (Å²) in [6, 6.07) is 0. The molecule has 0 aliphatic carbocycles. The van der Waals surface area contributed by atoms with E-state index in [1.807, 2.05) is 0 Å². The Bertz CT molecular complexity index is 59.8. The van der Waals surface area contributed by atoms with E-state index in [2.05, 4.69) is 0 Å². The Balaban J connectivity index is 3.22. The van der Waals surface area contributed by atoms with Crippen molar-refractivity contribution in [3.8, 4) is 0 Å². The average Bonchev–Trinajstić information content (AvgIpc) is 1.65. The van der Waals surface area contributed by atoms with Gasteiger partial charge >= 0.3 is 0 Å². The number of hydrogen-bond donors (Lipinski definition) is 1. The largest absolute Gasteiger partial charge is 0.389 e. The summed E-state index contributed by atoms with van der Waals surface area (Å²) >= 11 is 0. The summed E-state index contributed by atoms with van der Waals surface area (Å²) in [5.74, 6) is -1.14. The first-order valence-electron chi connectivity index (χ1n) is 1.37. The van der Waals surface area contributed by atoms with Crippen molar-refractivity contribution in [3.63, 3.8) is 0 Å². The summed E-state index contributed by atoms with van der Waals surface area (Å²) in [7, 11) is 0. The highest BCUT2D eigenvalue weighted by molar-refractivity contribution is 4.82. The molecule has 3 heteroatoms. The summed E-state index contributed by atoms with van der Waals surface area (Å²) in [6.07, 6.45) is -0.278. The first-order chi connectivity index (χ1) is 2.81. The third-order valence-electron chi connectivity index (χ3n) is 0.269. The average molecular weight is 94.1 g/mol. The molecule has 0 radical (unpaired) electrons. The fourth-order valence-corrected chi connectivity index (χ4v) is 0.0345. The minimum atomic E-state index is -1.14. The van der Waals surface area contributed by atoms with Crippen LogP contribution >= 0.6 is 0 Å². The maximum atomic E-state index is 11.1. The predicted molar refractivity (Wildman–Crippen MR) is 17.4 cm³/mol. The molecular formula is C3H4F2O. The Morgan fingerprint density at radius 2 is 2.33 bits per heavy atom. The van der Waals surface area contributed by atoms with Crippen molar-refractivity contribution in [2.24, 2.45) is 0 Å². The van der Waals surface area contributed by atoms with Gasteiger partial charge in [0.05, 0.1) is 6.61 Å². The highest BCUT2D eigenvalue weighted by atomic mass is 19.2. The zero-order valence-electron chi connectivity index (χ0n) is 2.99. The molecule has 0 aromatic carbocycles. The molecule has 0 aliphatic heterocycles. The van der Waals surface area contributed by atoms with Crippen LogP contribution in [0.25, 0.3) is 0 Å². The summed E-state index contributed by atoms with van der Waals surface area (Å²) in [5.41, 5.74) is 0. The van der Waals surface area contributed by atoms with Gasteiger partial charge in [-0.15, -0.1) is 0 Å². The standard InChI is InChI=1S/C3H4F2O/c4-1-3(5)2-6/h1,6H,2H2. The summed E-state index contributed by atoms with van der Waals surface area (Å²) < 4.78 is 21.8. The van der Waals surface area contributed by atoms with Gasteiger partial charge in [-0.25, -0.2) is 8.78 Å². The van der Waals surface area contributed by atoms with Crippen molar-refractivity contribution >= 4 is 0 Å². The Labute approximate surface area is 33.9 Å². The third-order valence-corrected chi connectivity index (χ3v) is 0.269. The molecule has 0 fully saturated rings. The molecule has 0 amide bonds. The van der Waals surface area contributed by atoms with Gasteiger partial charge in [-0.1, -0.05) is 0 Å². The van der Waals surface area contributed by atoms with Gasteiger partial charge < -0.3 is 5.11 Å². The van der Waals surface area contributed by atoms with Gasteiger partial charge in [-0.2, -0.15) is 0 Å². The van der Waals surface area contributed by atoms with Gasteiger partial charge in [0.1, 0.15) is 6.33 Å². The maximum absolute atomic E-state index is 11.1. The van der Waals surface area contributed by atoms with Crippen LogP contribution in [0.2, 0.25) is 0 Å². The first kappa shape index (κ1) is 5.56. The monoisotopic (exact) mass is 94.0 g/mol. The van der Waals surface area contributed by atoms with Crippen molar-refractivity contribution in [1.29, 1.82) is 0 Å². The lowest BCUT2D eigenvalue weighted by Gasteiger charge is -1.77. The molecule has 0 saturated heterocycles. The van der Waals surface area contributed by atoms with Gasteiger partial charge in [0.25, 0.3) is 0 Å². The van der Waals surface area contributed by atoms with Gasteiger partial charge in [0.15, 0.2) is 5.83 Å². The molecule has 6 heavy (non-hydrogen) atoms. The Morgan fingerprint density at radius 3 is 2.33 bits per heavy atom. The van der Waals surface area contributed by atoms with E-state index >= 15 is 0 Å². The van der Waals surface area contributed by atoms with Gasteiger partial charge in [0, 0.05) is 0 Å². The maximum Gasteiger partial charge on any atom is 0.153 e. The van der Waals surface area contributed by atoms with Crippen LogP contribution in [0.15, 0.2) is 12.2 Å². The van der Waals surface area contributed by atoms with Gasteiger partial charge in [-0.3, -0.25) is 0 Å². The number of rotatable bonds is 1. The van der Waals surface area contributed by atoms with Crippen LogP contribution in [-0.2, 0) is 0 Å². The molecule has 0 spiro atoms. The van der Waals surface area contributed by atoms with Crippen molar-refractivity contribution < 1.29 is 13.9 Å². The minimum Gasteiger partial charge on any atom is -0.389 e. The van der Waals surface area contributed by atoms with Crippen LogP contribution in [0.4, 0.5) is 8.78 Å². The van der Waals surface area contributed by atoms with Crippen LogP contribution in [0.1, 0.15) is 0 Å². The van der Waals surface area contributed by atoms with Crippen LogP contribution < -0.4 is 0 Å². The number of halogens is 2. The van der Waals surface area contributed by atoms with E-state index in [4.69, 9.17) is 5.11 Å². The summed E-state index contributed by atoms with van der Waals surface area (Å²) in [6.45, 7) is -0.851. The molecule has 0 heterocycles. The van der Waals surface area contributed by atoms with Crippen molar-refractivity contribution in [1.82, 2.24) is 0 Å². The molecule has 0 atom stereocenters. The highest BCUT2D eigenvalue weighted by Crippen LogP contribution is 1.90. The van der Waals surface area contributed by atoms with Crippen molar-refractivity contribution in [2.75, 3.05) is 6.61 Å². The number of aliphatic hydroxyl groups is 1. The Kier molecular flexibility index (Phi) is 2.58. The smallest absolute Gasteiger partial charge is 0.153 e. The molecule has 0 bridgehead atoms. The van der Waals surface area contributed by atoms with E-state index in [1.165, 1.54) is 0 Å². The normalized spacial score (nSPS) is 12.2. The van der Waals surface area contributed by atoms with Crippen molar-refractivity contribution in [2.45, 2.75) is 0 Å². The first-order valence-corrected chi connectivity index (χ1v) is 1.37. The molecule has 0 aromatic rings. The topological polar surface area (TPSA) is 20.2 Å². The fraction of sp³-hybridized carbons (Fsp3) is 0.333. The molecule has 1 nitrogen and oxygen atoms in total. The summed E-state index contributed by atoms with van der Waals surface area (Å²) in [5, 5.41) is 7.65. The lowest BCUT2D eigenvalue weighted by Crippen LogP contribution is -1.77. The molecule has 36 valence electrons. The Hall–Kier alpha value is -0.440. The van der Waals surface area contributed by atoms with Crippen LogP contribution in [0.3, 0.4) is 0 Å². The van der Waals surface area contributed by atoms with E-state index < -0.39 is 12.4 Å².